The Morgan fingerprint density at radius 3 is 2.81 bits per heavy atom. The molecule has 2 heterocycles. The fourth-order valence-corrected chi connectivity index (χ4v) is 3.43. The summed E-state index contributed by atoms with van der Waals surface area (Å²) in [5.41, 5.74) is 0.521. The van der Waals surface area contributed by atoms with Crippen LogP contribution in [0.1, 0.15) is 46.5 Å². The highest BCUT2D eigenvalue weighted by molar-refractivity contribution is 4.87. The zero-order chi connectivity index (χ0) is 11.6. The second-order valence-electron chi connectivity index (χ2n) is 6.54. The van der Waals surface area contributed by atoms with Gasteiger partial charge < -0.3 is 10.2 Å². The molecule has 0 aromatic rings. The van der Waals surface area contributed by atoms with Crippen LogP contribution in [-0.2, 0) is 0 Å². The normalized spacial score (nSPS) is 42.2. The number of nitrogens with one attached hydrogen (secondary N) is 1. The molecule has 2 aliphatic heterocycles. The molecule has 2 fully saturated rings. The molecule has 0 aromatic carbocycles. The molecule has 0 aromatic heterocycles. The maximum absolute atomic E-state index is 3.56. The molecule has 2 nitrogen and oxygen atoms in total. The lowest BCUT2D eigenvalue weighted by atomic mass is 9.81. The second kappa shape index (κ2) is 5.05. The average Bonchev–Trinajstić information content (AvgIpc) is 2.23. The summed E-state index contributed by atoms with van der Waals surface area (Å²) >= 11 is 0. The van der Waals surface area contributed by atoms with E-state index >= 15 is 0 Å². The summed E-state index contributed by atoms with van der Waals surface area (Å²) < 4.78 is 0. The first-order chi connectivity index (χ1) is 7.59. The smallest absolute Gasteiger partial charge is 0.00697 e. The van der Waals surface area contributed by atoms with Crippen LogP contribution in [0.15, 0.2) is 0 Å². The van der Waals surface area contributed by atoms with Gasteiger partial charge in [0.25, 0.3) is 0 Å². The van der Waals surface area contributed by atoms with Crippen LogP contribution in [0.25, 0.3) is 0 Å². The summed E-state index contributed by atoms with van der Waals surface area (Å²) in [7, 11) is 0. The topological polar surface area (TPSA) is 15.3 Å². The molecule has 16 heavy (non-hydrogen) atoms. The van der Waals surface area contributed by atoms with Gasteiger partial charge in [-0.05, 0) is 57.0 Å². The Kier molecular flexibility index (Phi) is 3.91. The van der Waals surface area contributed by atoms with Crippen LogP contribution in [0.5, 0.6) is 0 Å². The van der Waals surface area contributed by atoms with E-state index in [1.807, 2.05) is 0 Å². The van der Waals surface area contributed by atoms with Crippen LogP contribution < -0.4 is 5.32 Å². The van der Waals surface area contributed by atoms with E-state index in [1.54, 1.807) is 0 Å². The van der Waals surface area contributed by atoms with Crippen LogP contribution in [0, 0.1) is 11.3 Å². The minimum absolute atomic E-state index is 0.521. The van der Waals surface area contributed by atoms with Crippen LogP contribution in [0.3, 0.4) is 0 Å². The van der Waals surface area contributed by atoms with Crippen LogP contribution >= 0.6 is 0 Å². The molecule has 2 aliphatic rings. The van der Waals surface area contributed by atoms with Gasteiger partial charge in [-0.2, -0.15) is 0 Å². The van der Waals surface area contributed by atoms with Crippen molar-refractivity contribution in [2.45, 2.75) is 52.5 Å². The van der Waals surface area contributed by atoms with E-state index in [1.165, 1.54) is 51.9 Å². The number of nitrogens with zero attached hydrogens (tertiary/aromatic N) is 1. The Morgan fingerprint density at radius 1 is 1.38 bits per heavy atom. The predicted octanol–water partition coefficient (Wildman–Crippen LogP) is 2.50. The van der Waals surface area contributed by atoms with Crippen molar-refractivity contribution in [2.24, 2.45) is 11.3 Å². The van der Waals surface area contributed by atoms with E-state index in [9.17, 15) is 0 Å². The lowest BCUT2D eigenvalue weighted by Crippen LogP contribution is -2.50. The molecule has 3 atom stereocenters. The molecular weight excluding hydrogens is 196 g/mol. The third-order valence-electron chi connectivity index (χ3n) is 4.55. The van der Waals surface area contributed by atoms with E-state index in [0.29, 0.717) is 5.41 Å². The molecule has 0 amide bonds. The van der Waals surface area contributed by atoms with Gasteiger partial charge in [0.2, 0.25) is 0 Å². The summed E-state index contributed by atoms with van der Waals surface area (Å²) in [6.45, 7) is 12.3. The van der Waals surface area contributed by atoms with Gasteiger partial charge in [-0.15, -0.1) is 0 Å². The van der Waals surface area contributed by atoms with Crippen molar-refractivity contribution in [3.05, 3.63) is 0 Å². The first-order valence-electron chi connectivity index (χ1n) is 7.04. The molecule has 0 spiro atoms. The van der Waals surface area contributed by atoms with Gasteiger partial charge in [0.1, 0.15) is 0 Å². The zero-order valence-corrected chi connectivity index (χ0v) is 11.3. The highest BCUT2D eigenvalue weighted by Crippen LogP contribution is 2.30. The zero-order valence-electron chi connectivity index (χ0n) is 11.3. The van der Waals surface area contributed by atoms with E-state index in [2.05, 4.69) is 31.0 Å². The summed E-state index contributed by atoms with van der Waals surface area (Å²) in [4.78, 5) is 2.73. The van der Waals surface area contributed by atoms with Crippen molar-refractivity contribution in [3.8, 4) is 0 Å². The van der Waals surface area contributed by atoms with E-state index in [-0.39, 0.29) is 0 Å². The number of likely N-dealkylation sites (tertiary alicyclic amines) is 1. The van der Waals surface area contributed by atoms with Crippen molar-refractivity contribution >= 4 is 0 Å². The van der Waals surface area contributed by atoms with Crippen LogP contribution in [0.2, 0.25) is 0 Å². The summed E-state index contributed by atoms with van der Waals surface area (Å²) in [6.07, 6.45) is 5.55. The van der Waals surface area contributed by atoms with Gasteiger partial charge >= 0.3 is 0 Å². The highest BCUT2D eigenvalue weighted by atomic mass is 15.2. The van der Waals surface area contributed by atoms with Gasteiger partial charge in [-0.1, -0.05) is 13.8 Å². The Hall–Kier alpha value is -0.0800. The van der Waals surface area contributed by atoms with Gasteiger partial charge in [0.05, 0.1) is 0 Å². The average molecular weight is 224 g/mol. The van der Waals surface area contributed by atoms with Crippen molar-refractivity contribution in [2.75, 3.05) is 26.2 Å². The molecule has 1 N–H and O–H groups in total. The van der Waals surface area contributed by atoms with E-state index in [0.717, 1.165) is 12.0 Å². The Balaban J connectivity index is 1.88. The third kappa shape index (κ3) is 2.98. The fraction of sp³-hybridized carbons (Fsp3) is 1.00. The minimum atomic E-state index is 0.521. The van der Waals surface area contributed by atoms with Crippen molar-refractivity contribution < 1.29 is 0 Å². The van der Waals surface area contributed by atoms with Crippen molar-refractivity contribution in [3.63, 3.8) is 0 Å². The lowest BCUT2D eigenvalue weighted by Gasteiger charge is -2.44. The molecule has 0 aliphatic carbocycles. The van der Waals surface area contributed by atoms with Gasteiger partial charge in [0, 0.05) is 19.1 Å². The number of hydrogen-bond donors (Lipinski definition) is 1. The monoisotopic (exact) mass is 224 g/mol. The first kappa shape index (κ1) is 12.4. The van der Waals surface area contributed by atoms with Gasteiger partial charge in [0.15, 0.2) is 0 Å². The second-order valence-corrected chi connectivity index (χ2v) is 6.54. The molecule has 0 radical (unpaired) electrons. The fourth-order valence-electron chi connectivity index (χ4n) is 3.43. The maximum Gasteiger partial charge on any atom is 0.00697 e. The van der Waals surface area contributed by atoms with E-state index in [4.69, 9.17) is 0 Å². The van der Waals surface area contributed by atoms with Crippen molar-refractivity contribution in [1.29, 1.82) is 0 Å². The number of hydrogen-bond acceptors (Lipinski definition) is 2. The summed E-state index contributed by atoms with van der Waals surface area (Å²) in [5.74, 6) is 0.934. The SMILES string of the molecule is CC1CCN(CC2(C)CCCNC2)C(C)C1. The summed E-state index contributed by atoms with van der Waals surface area (Å²) in [5, 5.41) is 3.56. The summed E-state index contributed by atoms with van der Waals surface area (Å²) in [6, 6.07) is 0.794. The molecule has 3 unspecified atom stereocenters. The van der Waals surface area contributed by atoms with E-state index < -0.39 is 0 Å². The van der Waals surface area contributed by atoms with Crippen molar-refractivity contribution in [1.82, 2.24) is 10.2 Å². The molecule has 0 saturated carbocycles. The minimum Gasteiger partial charge on any atom is -0.316 e. The first-order valence-corrected chi connectivity index (χ1v) is 7.04. The standard InChI is InChI=1S/C14H28N2/c1-12-5-8-16(13(2)9-12)11-14(3)6-4-7-15-10-14/h12-13,15H,4-11H2,1-3H3. The molecule has 94 valence electrons. The molecular formula is C14H28N2. The molecule has 2 heteroatoms. The van der Waals surface area contributed by atoms with Gasteiger partial charge in [-0.3, -0.25) is 0 Å². The Bertz CT molecular complexity index is 221. The van der Waals surface area contributed by atoms with Gasteiger partial charge in [-0.25, -0.2) is 0 Å². The molecule has 2 rings (SSSR count). The Labute approximate surface area is 101 Å². The van der Waals surface area contributed by atoms with Crippen LogP contribution in [0.4, 0.5) is 0 Å². The Morgan fingerprint density at radius 2 is 2.19 bits per heavy atom. The molecule has 0 bridgehead atoms. The highest BCUT2D eigenvalue weighted by Gasteiger charge is 2.32. The number of piperidine rings is 2. The van der Waals surface area contributed by atoms with Crippen LogP contribution in [-0.4, -0.2) is 37.1 Å². The predicted molar refractivity (Wildman–Crippen MR) is 69.6 cm³/mol. The largest absolute Gasteiger partial charge is 0.316 e. The lowest BCUT2D eigenvalue weighted by molar-refractivity contribution is 0.0651. The molecule has 2 saturated heterocycles. The third-order valence-corrected chi connectivity index (χ3v) is 4.55. The maximum atomic E-state index is 3.56. The number of rotatable bonds is 2. The quantitative estimate of drug-likeness (QED) is 0.775.